The molecule has 47 heavy (non-hydrogen) atoms. The standard InChI is InChI=1S/C47H34/c1-31-27-42(35-15-7-3-8-16-35)44-30-45-43(36-17-9-4-10-18-36)29-37(28-32-23-25-34(26-24-32)33-13-5-2-6-14-33)39-20-12-22-41(47(39)45)40-21-11-19-38(31)46(40)44/h2-27,29H,28,30H2,1H3. The summed E-state index contributed by atoms with van der Waals surface area (Å²) in [5.74, 6) is 0. The summed E-state index contributed by atoms with van der Waals surface area (Å²) in [5.41, 5.74) is 17.3. The molecule has 0 bridgehead atoms. The van der Waals surface area contributed by atoms with Crippen molar-refractivity contribution in [3.8, 4) is 44.5 Å². The highest BCUT2D eigenvalue weighted by molar-refractivity contribution is 6.13. The van der Waals surface area contributed by atoms with Crippen LogP contribution in [0, 0.1) is 6.92 Å². The maximum Gasteiger partial charge on any atom is -0.0000665 e. The second kappa shape index (κ2) is 11.3. The molecule has 222 valence electrons. The molecule has 9 rings (SSSR count). The monoisotopic (exact) mass is 598 g/mol. The molecule has 0 amide bonds. The summed E-state index contributed by atoms with van der Waals surface area (Å²) in [5, 5.41) is 5.49. The Morgan fingerprint density at radius 3 is 1.49 bits per heavy atom. The fourth-order valence-electron chi connectivity index (χ4n) is 7.90. The Kier molecular flexibility index (Phi) is 6.61. The fourth-order valence-corrected chi connectivity index (χ4v) is 7.90. The molecule has 1 aliphatic rings. The predicted molar refractivity (Wildman–Crippen MR) is 200 cm³/mol. The van der Waals surface area contributed by atoms with Crippen LogP contribution in [0.15, 0.2) is 164 Å². The Morgan fingerprint density at radius 2 is 0.894 bits per heavy atom. The smallest absolute Gasteiger partial charge is 0.0000665 e. The van der Waals surface area contributed by atoms with Crippen molar-refractivity contribution in [1.29, 1.82) is 0 Å². The fraction of sp³-hybridized carbons (Fsp3) is 0.0638. The van der Waals surface area contributed by atoms with Crippen LogP contribution in [0.4, 0.5) is 0 Å². The summed E-state index contributed by atoms with van der Waals surface area (Å²) in [6.07, 6.45) is 1.75. The minimum absolute atomic E-state index is 0.876. The van der Waals surface area contributed by atoms with Gasteiger partial charge >= 0.3 is 0 Å². The highest BCUT2D eigenvalue weighted by Crippen LogP contribution is 2.48. The first-order valence-electron chi connectivity index (χ1n) is 16.6. The van der Waals surface area contributed by atoms with E-state index in [9.17, 15) is 0 Å². The molecule has 0 aromatic heterocycles. The number of hydrogen-bond donors (Lipinski definition) is 0. The largest absolute Gasteiger partial charge is 0.0622 e. The van der Waals surface area contributed by atoms with Crippen molar-refractivity contribution >= 4 is 21.5 Å². The van der Waals surface area contributed by atoms with Crippen molar-refractivity contribution in [3.63, 3.8) is 0 Å². The topological polar surface area (TPSA) is 0 Å². The molecular formula is C47H34. The van der Waals surface area contributed by atoms with Crippen molar-refractivity contribution in [2.24, 2.45) is 0 Å². The highest BCUT2D eigenvalue weighted by Gasteiger charge is 2.25. The molecule has 1 aliphatic carbocycles. The van der Waals surface area contributed by atoms with Crippen molar-refractivity contribution in [2.75, 3.05) is 0 Å². The van der Waals surface area contributed by atoms with Crippen LogP contribution in [0.5, 0.6) is 0 Å². The number of fused-ring (bicyclic) bond motifs is 1. The molecule has 0 heterocycles. The van der Waals surface area contributed by atoms with Crippen molar-refractivity contribution < 1.29 is 0 Å². The summed E-state index contributed by atoms with van der Waals surface area (Å²) in [6.45, 7) is 2.27. The molecule has 8 aromatic rings. The lowest BCUT2D eigenvalue weighted by atomic mass is 9.84. The van der Waals surface area contributed by atoms with Crippen LogP contribution in [0.2, 0.25) is 0 Å². The van der Waals surface area contributed by atoms with Crippen LogP contribution in [-0.4, -0.2) is 0 Å². The van der Waals surface area contributed by atoms with E-state index >= 15 is 0 Å². The van der Waals surface area contributed by atoms with Gasteiger partial charge in [0.25, 0.3) is 0 Å². The molecule has 0 unspecified atom stereocenters. The van der Waals surface area contributed by atoms with Gasteiger partial charge in [0.15, 0.2) is 0 Å². The van der Waals surface area contributed by atoms with E-state index in [4.69, 9.17) is 0 Å². The van der Waals surface area contributed by atoms with Gasteiger partial charge in [-0.05, 0) is 120 Å². The van der Waals surface area contributed by atoms with Crippen LogP contribution >= 0.6 is 0 Å². The zero-order chi connectivity index (χ0) is 31.3. The molecule has 0 radical (unpaired) electrons. The summed E-state index contributed by atoms with van der Waals surface area (Å²) < 4.78 is 0. The minimum atomic E-state index is 0.876. The van der Waals surface area contributed by atoms with Crippen molar-refractivity contribution in [1.82, 2.24) is 0 Å². The van der Waals surface area contributed by atoms with Crippen LogP contribution in [0.1, 0.15) is 27.8 Å². The lowest BCUT2D eigenvalue weighted by Crippen LogP contribution is -2.00. The molecular weight excluding hydrogens is 565 g/mol. The Bertz CT molecular complexity index is 2420. The molecule has 0 heteroatoms. The zero-order valence-electron chi connectivity index (χ0n) is 26.5. The van der Waals surface area contributed by atoms with E-state index in [0.29, 0.717) is 0 Å². The van der Waals surface area contributed by atoms with Gasteiger partial charge in [-0.25, -0.2) is 0 Å². The maximum absolute atomic E-state index is 2.49. The lowest BCUT2D eigenvalue weighted by molar-refractivity contribution is 1.19. The molecule has 0 nitrogen and oxygen atoms in total. The Balaban J connectivity index is 1.30. The van der Waals surface area contributed by atoms with Gasteiger partial charge < -0.3 is 0 Å². The third-order valence-corrected chi connectivity index (χ3v) is 10.1. The maximum atomic E-state index is 2.49. The van der Waals surface area contributed by atoms with Crippen LogP contribution in [0.3, 0.4) is 0 Å². The van der Waals surface area contributed by atoms with Crippen LogP contribution in [0.25, 0.3) is 66.1 Å². The van der Waals surface area contributed by atoms with Gasteiger partial charge in [0, 0.05) is 0 Å². The highest BCUT2D eigenvalue weighted by atomic mass is 14.3. The van der Waals surface area contributed by atoms with Gasteiger partial charge in [-0.2, -0.15) is 0 Å². The first-order valence-corrected chi connectivity index (χ1v) is 16.6. The summed E-state index contributed by atoms with van der Waals surface area (Å²) in [4.78, 5) is 0. The molecule has 0 fully saturated rings. The van der Waals surface area contributed by atoms with Gasteiger partial charge in [-0.15, -0.1) is 0 Å². The Labute approximate surface area is 276 Å². The molecule has 0 spiro atoms. The first-order chi connectivity index (χ1) is 23.2. The molecule has 0 N–H and O–H groups in total. The third kappa shape index (κ3) is 4.68. The summed E-state index contributed by atoms with van der Waals surface area (Å²) >= 11 is 0. The average Bonchev–Trinajstić information content (AvgIpc) is 3.29. The number of hydrogen-bond acceptors (Lipinski definition) is 0. The minimum Gasteiger partial charge on any atom is -0.0622 e. The number of aryl methyl sites for hydroxylation is 1. The normalized spacial score (nSPS) is 11.9. The van der Waals surface area contributed by atoms with Gasteiger partial charge in [-0.1, -0.05) is 158 Å². The van der Waals surface area contributed by atoms with Gasteiger partial charge in [0.2, 0.25) is 0 Å². The van der Waals surface area contributed by atoms with Crippen LogP contribution in [-0.2, 0) is 12.8 Å². The number of rotatable bonds is 5. The van der Waals surface area contributed by atoms with Crippen molar-refractivity contribution in [3.05, 3.63) is 192 Å². The first kappa shape index (κ1) is 27.6. The van der Waals surface area contributed by atoms with E-state index < -0.39 is 0 Å². The van der Waals surface area contributed by atoms with E-state index in [-0.39, 0.29) is 0 Å². The van der Waals surface area contributed by atoms with E-state index in [0.717, 1.165) is 12.8 Å². The second-order valence-corrected chi connectivity index (χ2v) is 12.9. The molecule has 0 aliphatic heterocycles. The Hall–Kier alpha value is -5.72. The molecule has 8 aromatic carbocycles. The van der Waals surface area contributed by atoms with Crippen molar-refractivity contribution in [2.45, 2.75) is 19.8 Å². The SMILES string of the molecule is Cc1cc(-c2ccccc2)c2c3c(cccc13)-c1cccc3c(Cc4ccc(-c5ccccc5)cc4)cc(-c4ccccc4)c(c13)C2. The average molecular weight is 599 g/mol. The van der Waals surface area contributed by atoms with Gasteiger partial charge in [0.05, 0.1) is 0 Å². The van der Waals surface area contributed by atoms with Gasteiger partial charge in [-0.3, -0.25) is 0 Å². The van der Waals surface area contributed by atoms with Crippen LogP contribution < -0.4 is 0 Å². The third-order valence-electron chi connectivity index (χ3n) is 10.1. The van der Waals surface area contributed by atoms with E-state index in [1.165, 1.54) is 93.9 Å². The zero-order valence-corrected chi connectivity index (χ0v) is 26.5. The molecule has 0 atom stereocenters. The summed E-state index contributed by atoms with van der Waals surface area (Å²) in [7, 11) is 0. The summed E-state index contributed by atoms with van der Waals surface area (Å²) in [6, 6.07) is 60.6. The van der Waals surface area contributed by atoms with E-state index in [1.807, 2.05) is 0 Å². The number of benzene rings is 8. The Morgan fingerprint density at radius 1 is 0.404 bits per heavy atom. The van der Waals surface area contributed by atoms with E-state index in [1.54, 1.807) is 0 Å². The lowest BCUT2D eigenvalue weighted by Gasteiger charge is -2.19. The second-order valence-electron chi connectivity index (χ2n) is 12.9. The molecule has 0 saturated heterocycles. The quantitative estimate of drug-likeness (QED) is 0.185. The predicted octanol–water partition coefficient (Wildman–Crippen LogP) is 12.5. The van der Waals surface area contributed by atoms with Gasteiger partial charge in [0.1, 0.15) is 0 Å². The molecule has 0 saturated carbocycles. The van der Waals surface area contributed by atoms with E-state index in [2.05, 4.69) is 171 Å².